The molecule has 0 aromatic carbocycles. The van der Waals surface area contributed by atoms with Crippen LogP contribution >= 0.6 is 23.2 Å². The first kappa shape index (κ1) is 19.6. The lowest BCUT2D eigenvalue weighted by molar-refractivity contribution is -0.174. The van der Waals surface area contributed by atoms with Gasteiger partial charge in [0.05, 0.1) is 18.0 Å². The standard InChI is InChI=1S/C17H12Cl2F3N5O2/c18-12-13(16(28)25-8-3-1-5-23-14(8)19)26-27-11(17(20,21)22)7-9(24-15(12)27)10-4-2-6-29-10/h1-6,9,11,24H,7H2,(H,25,28). The molecule has 0 saturated heterocycles. The molecule has 0 saturated carbocycles. The lowest BCUT2D eigenvalue weighted by Gasteiger charge is -2.32. The van der Waals surface area contributed by atoms with Gasteiger partial charge >= 0.3 is 6.18 Å². The predicted molar refractivity (Wildman–Crippen MR) is 99.2 cm³/mol. The van der Waals surface area contributed by atoms with E-state index in [-0.39, 0.29) is 33.8 Å². The normalized spacial score (nSPS) is 18.8. The van der Waals surface area contributed by atoms with Crippen LogP contribution in [0.1, 0.15) is 34.8 Å². The number of alkyl halides is 3. The van der Waals surface area contributed by atoms with E-state index in [9.17, 15) is 18.0 Å². The highest BCUT2D eigenvalue weighted by atomic mass is 35.5. The van der Waals surface area contributed by atoms with Crippen LogP contribution in [-0.2, 0) is 0 Å². The van der Waals surface area contributed by atoms with Crippen LogP contribution in [0.15, 0.2) is 41.1 Å². The number of hydrogen-bond acceptors (Lipinski definition) is 5. The highest BCUT2D eigenvalue weighted by Crippen LogP contribution is 2.46. The van der Waals surface area contributed by atoms with Gasteiger partial charge in [-0.15, -0.1) is 0 Å². The lowest BCUT2D eigenvalue weighted by Crippen LogP contribution is -2.35. The summed E-state index contributed by atoms with van der Waals surface area (Å²) in [6, 6.07) is 3.38. The van der Waals surface area contributed by atoms with Crippen molar-refractivity contribution in [3.8, 4) is 0 Å². The summed E-state index contributed by atoms with van der Waals surface area (Å²) in [6.45, 7) is 0. The number of hydrogen-bond donors (Lipinski definition) is 2. The van der Waals surface area contributed by atoms with Gasteiger partial charge in [0, 0.05) is 12.6 Å². The van der Waals surface area contributed by atoms with Crippen LogP contribution in [0, 0.1) is 0 Å². The number of anilines is 2. The van der Waals surface area contributed by atoms with E-state index in [4.69, 9.17) is 27.6 Å². The van der Waals surface area contributed by atoms with Crippen molar-refractivity contribution >= 4 is 40.6 Å². The summed E-state index contributed by atoms with van der Waals surface area (Å²) in [4.78, 5) is 16.4. The van der Waals surface area contributed by atoms with Crippen LogP contribution in [0.3, 0.4) is 0 Å². The third-order valence-corrected chi connectivity index (χ3v) is 5.06. The summed E-state index contributed by atoms with van der Waals surface area (Å²) < 4.78 is 47.0. The molecule has 7 nitrogen and oxygen atoms in total. The number of fused-ring (bicyclic) bond motifs is 1. The van der Waals surface area contributed by atoms with E-state index in [2.05, 4.69) is 20.7 Å². The van der Waals surface area contributed by atoms with Crippen molar-refractivity contribution in [1.82, 2.24) is 14.8 Å². The van der Waals surface area contributed by atoms with Crippen molar-refractivity contribution in [1.29, 1.82) is 0 Å². The summed E-state index contributed by atoms with van der Waals surface area (Å²) in [5.74, 6) is -0.621. The molecule has 3 aromatic heterocycles. The Labute approximate surface area is 171 Å². The fraction of sp³-hybridized carbons (Fsp3) is 0.235. The van der Waals surface area contributed by atoms with E-state index < -0.39 is 24.2 Å². The minimum absolute atomic E-state index is 0.0186. The van der Waals surface area contributed by atoms with Crippen molar-refractivity contribution < 1.29 is 22.4 Å². The maximum absolute atomic E-state index is 13.7. The van der Waals surface area contributed by atoms with E-state index in [1.165, 1.54) is 24.6 Å². The zero-order valence-electron chi connectivity index (χ0n) is 14.4. The second-order valence-electron chi connectivity index (χ2n) is 6.26. The average Bonchev–Trinajstić information content (AvgIpc) is 3.31. The van der Waals surface area contributed by atoms with Crippen molar-refractivity contribution in [2.45, 2.75) is 24.7 Å². The van der Waals surface area contributed by atoms with Gasteiger partial charge in [-0.2, -0.15) is 18.3 Å². The number of nitrogens with zero attached hydrogens (tertiary/aromatic N) is 3. The monoisotopic (exact) mass is 445 g/mol. The first-order valence-electron chi connectivity index (χ1n) is 8.32. The fourth-order valence-electron chi connectivity index (χ4n) is 3.07. The van der Waals surface area contributed by atoms with Crippen LogP contribution in [0.5, 0.6) is 0 Å². The number of furan rings is 1. The molecular formula is C17H12Cl2F3N5O2. The maximum atomic E-state index is 13.7. The minimum atomic E-state index is -4.61. The van der Waals surface area contributed by atoms with Gasteiger partial charge in [0.25, 0.3) is 5.91 Å². The summed E-state index contributed by atoms with van der Waals surface area (Å²) >= 11 is 12.1. The Hall–Kier alpha value is -2.72. The number of carbonyl (C=O) groups excluding carboxylic acids is 1. The van der Waals surface area contributed by atoms with Crippen LogP contribution in [-0.4, -0.2) is 26.8 Å². The highest BCUT2D eigenvalue weighted by molar-refractivity contribution is 6.37. The largest absolute Gasteiger partial charge is 0.467 e. The Bertz CT molecular complexity index is 1050. The molecule has 1 amide bonds. The molecule has 1 aliphatic rings. The Morgan fingerprint density at radius 1 is 1.31 bits per heavy atom. The molecule has 2 N–H and O–H groups in total. The number of nitrogens with one attached hydrogen (secondary N) is 2. The fourth-order valence-corrected chi connectivity index (χ4v) is 3.50. The molecule has 29 heavy (non-hydrogen) atoms. The molecule has 2 unspecified atom stereocenters. The number of rotatable bonds is 3. The molecule has 0 spiro atoms. The van der Waals surface area contributed by atoms with Crippen molar-refractivity contribution in [2.75, 3.05) is 10.6 Å². The molecule has 2 atom stereocenters. The average molecular weight is 446 g/mol. The van der Waals surface area contributed by atoms with Crippen molar-refractivity contribution in [3.63, 3.8) is 0 Å². The number of amides is 1. The lowest BCUT2D eigenvalue weighted by atomic mass is 10.0. The van der Waals surface area contributed by atoms with Crippen LogP contribution < -0.4 is 10.6 Å². The van der Waals surface area contributed by atoms with Crippen LogP contribution in [0.2, 0.25) is 10.2 Å². The number of pyridine rings is 1. The molecule has 0 bridgehead atoms. The molecule has 0 fully saturated rings. The van der Waals surface area contributed by atoms with Gasteiger partial charge in [-0.1, -0.05) is 23.2 Å². The third kappa shape index (κ3) is 3.65. The van der Waals surface area contributed by atoms with Gasteiger partial charge in [0.15, 0.2) is 16.9 Å². The molecule has 152 valence electrons. The van der Waals surface area contributed by atoms with E-state index >= 15 is 0 Å². The van der Waals surface area contributed by atoms with E-state index in [0.29, 0.717) is 10.4 Å². The predicted octanol–water partition coefficient (Wildman–Crippen LogP) is 5.09. The smallest absolute Gasteiger partial charge is 0.410 e. The number of halogens is 5. The zero-order valence-corrected chi connectivity index (χ0v) is 15.9. The number of aromatic nitrogens is 3. The summed E-state index contributed by atoms with van der Waals surface area (Å²) in [5.41, 5.74) is -0.196. The molecule has 4 heterocycles. The molecule has 0 radical (unpaired) electrons. The van der Waals surface area contributed by atoms with Crippen LogP contribution in [0.4, 0.5) is 24.7 Å². The quantitative estimate of drug-likeness (QED) is 0.548. The van der Waals surface area contributed by atoms with Crippen molar-refractivity contribution in [2.24, 2.45) is 0 Å². The van der Waals surface area contributed by atoms with Gasteiger partial charge in [0.1, 0.15) is 16.6 Å². The van der Waals surface area contributed by atoms with Gasteiger partial charge in [-0.3, -0.25) is 4.79 Å². The third-order valence-electron chi connectivity index (χ3n) is 4.40. The van der Waals surface area contributed by atoms with E-state index in [1.807, 2.05) is 0 Å². The SMILES string of the molecule is O=C(Nc1cccnc1Cl)c1nn2c(c1Cl)NC(c1ccco1)CC2C(F)(F)F. The Kier molecular flexibility index (Phi) is 4.91. The Balaban J connectivity index is 1.71. The van der Waals surface area contributed by atoms with Gasteiger partial charge in [0.2, 0.25) is 0 Å². The first-order valence-corrected chi connectivity index (χ1v) is 9.08. The second kappa shape index (κ2) is 7.27. The molecular weight excluding hydrogens is 434 g/mol. The topological polar surface area (TPSA) is 85.0 Å². The maximum Gasteiger partial charge on any atom is 0.410 e. The summed E-state index contributed by atoms with van der Waals surface area (Å²) in [6.07, 6.45) is -2.20. The highest BCUT2D eigenvalue weighted by Gasteiger charge is 2.48. The van der Waals surface area contributed by atoms with E-state index in [1.54, 1.807) is 12.1 Å². The van der Waals surface area contributed by atoms with E-state index in [0.717, 1.165) is 0 Å². The van der Waals surface area contributed by atoms with Gasteiger partial charge < -0.3 is 15.1 Å². The van der Waals surface area contributed by atoms with Gasteiger partial charge in [-0.05, 0) is 24.3 Å². The van der Waals surface area contributed by atoms with Crippen molar-refractivity contribution in [3.05, 3.63) is 58.4 Å². The number of carbonyl (C=O) groups is 1. The molecule has 0 aliphatic carbocycles. The molecule has 1 aliphatic heterocycles. The molecule has 4 rings (SSSR count). The summed E-state index contributed by atoms with van der Waals surface area (Å²) in [5, 5.41) is 8.94. The first-order chi connectivity index (χ1) is 13.8. The second-order valence-corrected chi connectivity index (χ2v) is 6.99. The minimum Gasteiger partial charge on any atom is -0.467 e. The van der Waals surface area contributed by atoms with Crippen LogP contribution in [0.25, 0.3) is 0 Å². The molecule has 3 aromatic rings. The Morgan fingerprint density at radius 3 is 2.76 bits per heavy atom. The summed E-state index contributed by atoms with van der Waals surface area (Å²) in [7, 11) is 0. The molecule has 12 heteroatoms. The van der Waals surface area contributed by atoms with Gasteiger partial charge in [-0.25, -0.2) is 9.67 Å². The Morgan fingerprint density at radius 2 is 2.10 bits per heavy atom. The zero-order chi connectivity index (χ0) is 20.8.